The number of hydrogen-bond donors (Lipinski definition) is 1. The molecule has 2 N–H and O–H groups in total. The van der Waals surface area contributed by atoms with Gasteiger partial charge < -0.3 is 10.6 Å². The quantitative estimate of drug-likeness (QED) is 0.733. The van der Waals surface area contributed by atoms with Gasteiger partial charge in [0.15, 0.2) is 0 Å². The molecule has 0 saturated carbocycles. The normalized spacial score (nSPS) is 20.3. The van der Waals surface area contributed by atoms with Crippen molar-refractivity contribution in [1.29, 1.82) is 0 Å². The number of rotatable bonds is 3. The molecule has 0 bridgehead atoms. The highest BCUT2D eigenvalue weighted by Gasteiger charge is 2.46. The number of nitrogens with two attached hydrogens (primary N) is 1. The lowest BCUT2D eigenvalue weighted by Crippen LogP contribution is -2.45. The summed E-state index contributed by atoms with van der Waals surface area (Å²) in [5, 5.41) is 9.57. The van der Waals surface area contributed by atoms with Gasteiger partial charge in [0.1, 0.15) is 5.03 Å². The molecule has 0 unspecified atom stereocenters. The van der Waals surface area contributed by atoms with E-state index in [9.17, 15) is 0 Å². The molecule has 28 heavy (non-hydrogen) atoms. The zero-order valence-electron chi connectivity index (χ0n) is 15.7. The minimum absolute atomic E-state index is 0.134. The molecule has 2 heterocycles. The van der Waals surface area contributed by atoms with Gasteiger partial charge >= 0.3 is 0 Å². The number of benzene rings is 2. The third kappa shape index (κ3) is 3.16. The van der Waals surface area contributed by atoms with Crippen LogP contribution >= 0.6 is 11.8 Å². The van der Waals surface area contributed by atoms with Gasteiger partial charge in [0.05, 0.1) is 6.20 Å². The minimum atomic E-state index is 0.134. The topological polar surface area (TPSA) is 67.9 Å². The summed E-state index contributed by atoms with van der Waals surface area (Å²) in [6, 6.07) is 18.9. The first kappa shape index (κ1) is 17.6. The molecule has 6 heteroatoms. The first-order chi connectivity index (χ1) is 13.7. The van der Waals surface area contributed by atoms with Crippen molar-refractivity contribution in [2.75, 3.05) is 18.0 Å². The fourth-order valence-electron chi connectivity index (χ4n) is 4.52. The summed E-state index contributed by atoms with van der Waals surface area (Å²) in [6.45, 7) is 1.85. The molecule has 1 aromatic heterocycles. The van der Waals surface area contributed by atoms with Crippen LogP contribution in [0.4, 0.5) is 5.95 Å². The molecule has 1 atom stereocenters. The monoisotopic (exact) mass is 389 g/mol. The maximum atomic E-state index is 6.67. The Balaban J connectivity index is 1.25. The molecule has 1 aliphatic heterocycles. The number of nitrogens with zero attached hydrogens (tertiary/aromatic N) is 4. The Kier molecular flexibility index (Phi) is 4.53. The Morgan fingerprint density at radius 3 is 2.43 bits per heavy atom. The van der Waals surface area contributed by atoms with E-state index in [1.807, 2.05) is 24.4 Å². The summed E-state index contributed by atoms with van der Waals surface area (Å²) < 4.78 is 0. The van der Waals surface area contributed by atoms with Gasteiger partial charge in [-0.3, -0.25) is 0 Å². The standard InChI is InChI=1S/C22H23N5S/c23-20-18-9-5-4-6-16(18)14-22(20)10-12-27(13-11-22)21-24-15-19(25-26-21)28-17-7-2-1-3-8-17/h1-9,15,20H,10-14,23H2/t20-/m1/s1. The highest BCUT2D eigenvalue weighted by Crippen LogP contribution is 2.50. The van der Waals surface area contributed by atoms with Crippen molar-refractivity contribution in [1.82, 2.24) is 15.2 Å². The van der Waals surface area contributed by atoms with Gasteiger partial charge in [0.25, 0.3) is 0 Å². The van der Waals surface area contributed by atoms with E-state index in [1.54, 1.807) is 11.8 Å². The molecule has 1 spiro atoms. The molecule has 3 aromatic rings. The molecule has 2 aromatic carbocycles. The second-order valence-electron chi connectivity index (χ2n) is 7.71. The summed E-state index contributed by atoms with van der Waals surface area (Å²) >= 11 is 1.58. The lowest BCUT2D eigenvalue weighted by Gasteiger charge is -2.42. The van der Waals surface area contributed by atoms with Crippen LogP contribution in [0, 0.1) is 5.41 Å². The Labute approximate surface area is 169 Å². The van der Waals surface area contributed by atoms with Gasteiger partial charge in [-0.2, -0.15) is 0 Å². The van der Waals surface area contributed by atoms with E-state index in [4.69, 9.17) is 5.73 Å². The average Bonchev–Trinajstić information content (AvgIpc) is 3.02. The minimum Gasteiger partial charge on any atom is -0.339 e. The summed E-state index contributed by atoms with van der Waals surface area (Å²) in [4.78, 5) is 7.95. The molecule has 1 saturated heterocycles. The van der Waals surface area contributed by atoms with Crippen LogP contribution in [0.5, 0.6) is 0 Å². The fraction of sp³-hybridized carbons (Fsp3) is 0.318. The highest BCUT2D eigenvalue weighted by atomic mass is 32.2. The molecule has 2 aliphatic rings. The lowest BCUT2D eigenvalue weighted by molar-refractivity contribution is 0.186. The first-order valence-electron chi connectivity index (χ1n) is 9.74. The van der Waals surface area contributed by atoms with Crippen LogP contribution in [0.1, 0.15) is 30.0 Å². The van der Waals surface area contributed by atoms with E-state index in [2.05, 4.69) is 56.5 Å². The molecular formula is C22H23N5S. The van der Waals surface area contributed by atoms with Gasteiger partial charge in [-0.15, -0.1) is 10.2 Å². The van der Waals surface area contributed by atoms with Gasteiger partial charge in [-0.05, 0) is 47.9 Å². The van der Waals surface area contributed by atoms with E-state index in [1.165, 1.54) is 11.1 Å². The number of aromatic nitrogens is 3. The van der Waals surface area contributed by atoms with Gasteiger partial charge in [0.2, 0.25) is 5.95 Å². The number of hydrogen-bond acceptors (Lipinski definition) is 6. The Morgan fingerprint density at radius 1 is 0.964 bits per heavy atom. The van der Waals surface area contributed by atoms with Crippen molar-refractivity contribution in [2.24, 2.45) is 11.1 Å². The van der Waals surface area contributed by atoms with Crippen LogP contribution in [0.15, 0.2) is 70.7 Å². The largest absolute Gasteiger partial charge is 0.339 e. The highest BCUT2D eigenvalue weighted by molar-refractivity contribution is 7.99. The van der Waals surface area contributed by atoms with Crippen molar-refractivity contribution < 1.29 is 0 Å². The van der Waals surface area contributed by atoms with Crippen LogP contribution in [0.25, 0.3) is 0 Å². The molecule has 5 nitrogen and oxygen atoms in total. The van der Waals surface area contributed by atoms with Crippen molar-refractivity contribution in [2.45, 2.75) is 35.2 Å². The smallest absolute Gasteiger partial charge is 0.245 e. The van der Waals surface area contributed by atoms with Crippen molar-refractivity contribution in [3.63, 3.8) is 0 Å². The molecular weight excluding hydrogens is 366 g/mol. The predicted octanol–water partition coefficient (Wildman–Crippen LogP) is 3.87. The van der Waals surface area contributed by atoms with Gasteiger partial charge in [-0.1, -0.05) is 54.2 Å². The summed E-state index contributed by atoms with van der Waals surface area (Å²) in [5.74, 6) is 0.719. The van der Waals surface area contributed by atoms with Crippen LogP contribution in [-0.2, 0) is 6.42 Å². The van der Waals surface area contributed by atoms with E-state index < -0.39 is 0 Å². The van der Waals surface area contributed by atoms with Crippen LogP contribution in [0.3, 0.4) is 0 Å². The van der Waals surface area contributed by atoms with Crippen molar-refractivity contribution in [3.05, 3.63) is 71.9 Å². The fourth-order valence-corrected chi connectivity index (χ4v) is 5.24. The average molecular weight is 390 g/mol. The zero-order valence-corrected chi connectivity index (χ0v) is 16.5. The summed E-state index contributed by atoms with van der Waals surface area (Å²) in [6.07, 6.45) is 5.03. The Morgan fingerprint density at radius 2 is 1.71 bits per heavy atom. The predicted molar refractivity (Wildman–Crippen MR) is 111 cm³/mol. The van der Waals surface area contributed by atoms with E-state index in [0.29, 0.717) is 0 Å². The Hall–Kier alpha value is -2.44. The third-order valence-electron chi connectivity index (χ3n) is 6.13. The van der Waals surface area contributed by atoms with Crippen LogP contribution in [0.2, 0.25) is 0 Å². The number of anilines is 1. The van der Waals surface area contributed by atoms with Crippen molar-refractivity contribution in [3.8, 4) is 0 Å². The molecule has 0 amide bonds. The maximum Gasteiger partial charge on any atom is 0.245 e. The third-order valence-corrected chi connectivity index (χ3v) is 7.03. The Bertz CT molecular complexity index is 952. The second-order valence-corrected chi connectivity index (χ2v) is 8.81. The van der Waals surface area contributed by atoms with E-state index >= 15 is 0 Å². The molecule has 1 fully saturated rings. The molecule has 1 aliphatic carbocycles. The van der Waals surface area contributed by atoms with Crippen LogP contribution < -0.4 is 10.6 Å². The molecule has 142 valence electrons. The number of fused-ring (bicyclic) bond motifs is 1. The maximum absolute atomic E-state index is 6.67. The van der Waals surface area contributed by atoms with Crippen molar-refractivity contribution >= 4 is 17.7 Å². The molecule has 0 radical (unpaired) electrons. The first-order valence-corrected chi connectivity index (χ1v) is 10.6. The van der Waals surface area contributed by atoms with Crippen LogP contribution in [-0.4, -0.2) is 28.3 Å². The summed E-state index contributed by atoms with van der Waals surface area (Å²) in [7, 11) is 0. The van der Waals surface area contributed by atoms with Gasteiger partial charge in [0, 0.05) is 24.0 Å². The lowest BCUT2D eigenvalue weighted by atomic mass is 9.73. The van der Waals surface area contributed by atoms with E-state index in [0.717, 1.165) is 48.2 Å². The zero-order chi connectivity index (χ0) is 19.0. The SMILES string of the molecule is N[C@@H]1c2ccccc2CC12CCN(c1ncc(Sc3ccccc3)nn1)CC2. The summed E-state index contributed by atoms with van der Waals surface area (Å²) in [5.41, 5.74) is 9.60. The molecule has 5 rings (SSSR count). The number of piperidine rings is 1. The van der Waals surface area contributed by atoms with E-state index in [-0.39, 0.29) is 11.5 Å². The second kappa shape index (κ2) is 7.18. The van der Waals surface area contributed by atoms with Gasteiger partial charge in [-0.25, -0.2) is 4.98 Å².